The minimum absolute atomic E-state index is 0.335. The van der Waals surface area contributed by atoms with Crippen molar-refractivity contribution in [2.45, 2.75) is 46.1 Å². The Hall–Kier alpha value is -0.970. The normalized spacial score (nSPS) is 12.6. The number of aromatic nitrogens is 2. The van der Waals surface area contributed by atoms with Crippen LogP contribution in [0.1, 0.15) is 45.9 Å². The van der Waals surface area contributed by atoms with E-state index in [1.807, 2.05) is 17.8 Å². The molecule has 114 valence electrons. The van der Waals surface area contributed by atoms with Crippen molar-refractivity contribution in [3.05, 3.63) is 11.9 Å². The average Bonchev–Trinajstić information content (AvgIpc) is 2.43. The van der Waals surface area contributed by atoms with Crippen molar-refractivity contribution in [3.63, 3.8) is 0 Å². The van der Waals surface area contributed by atoms with Gasteiger partial charge in [-0.2, -0.15) is 11.8 Å². The maximum Gasteiger partial charge on any atom is 0.135 e. The molecule has 5 heteroatoms. The molecule has 0 bridgehead atoms. The molecule has 20 heavy (non-hydrogen) atoms. The zero-order valence-corrected chi connectivity index (χ0v) is 14.4. The Bertz CT molecular complexity index is 409. The van der Waals surface area contributed by atoms with E-state index in [1.165, 1.54) is 5.75 Å². The fraction of sp³-hybridized carbons (Fsp3) is 0.733. The van der Waals surface area contributed by atoms with Crippen molar-refractivity contribution < 1.29 is 0 Å². The third kappa shape index (κ3) is 4.85. The van der Waals surface area contributed by atoms with E-state index in [0.717, 1.165) is 30.4 Å². The lowest BCUT2D eigenvalue weighted by atomic mass is 10.2. The zero-order valence-electron chi connectivity index (χ0n) is 13.6. The van der Waals surface area contributed by atoms with Gasteiger partial charge in [-0.15, -0.1) is 0 Å². The molecule has 0 amide bonds. The molecule has 0 aromatic carbocycles. The Morgan fingerprint density at radius 3 is 2.55 bits per heavy atom. The molecule has 0 radical (unpaired) electrons. The smallest absolute Gasteiger partial charge is 0.135 e. The molecule has 0 saturated carbocycles. The predicted octanol–water partition coefficient (Wildman–Crippen LogP) is 3.61. The molecule has 0 saturated heterocycles. The van der Waals surface area contributed by atoms with E-state index in [4.69, 9.17) is 4.98 Å². The van der Waals surface area contributed by atoms with Crippen LogP contribution in [0.25, 0.3) is 0 Å². The predicted molar refractivity (Wildman–Crippen MR) is 91.1 cm³/mol. The van der Waals surface area contributed by atoms with E-state index in [1.54, 1.807) is 0 Å². The first-order valence-corrected chi connectivity index (χ1v) is 8.73. The molecular formula is C15H28N4S. The van der Waals surface area contributed by atoms with E-state index in [-0.39, 0.29) is 0 Å². The molecule has 1 heterocycles. The maximum absolute atomic E-state index is 4.71. The summed E-state index contributed by atoms with van der Waals surface area (Å²) in [5, 5.41) is 3.30. The van der Waals surface area contributed by atoms with E-state index in [0.29, 0.717) is 12.0 Å². The van der Waals surface area contributed by atoms with Gasteiger partial charge in [0.2, 0.25) is 0 Å². The first-order chi connectivity index (χ1) is 9.49. The minimum atomic E-state index is 0.335. The van der Waals surface area contributed by atoms with Gasteiger partial charge >= 0.3 is 0 Å². The Morgan fingerprint density at radius 1 is 1.30 bits per heavy atom. The fourth-order valence-corrected chi connectivity index (χ4v) is 2.45. The molecule has 1 rings (SSSR count). The first kappa shape index (κ1) is 17.1. The highest BCUT2D eigenvalue weighted by molar-refractivity contribution is 7.98. The van der Waals surface area contributed by atoms with Gasteiger partial charge in [-0.3, -0.25) is 0 Å². The number of nitrogens with one attached hydrogen (secondary N) is 1. The third-order valence-corrected chi connectivity index (χ3v) is 4.01. The molecule has 4 nitrogen and oxygen atoms in total. The quantitative estimate of drug-likeness (QED) is 0.793. The van der Waals surface area contributed by atoms with E-state index in [2.05, 4.69) is 56.2 Å². The number of anilines is 2. The number of rotatable bonds is 8. The third-order valence-electron chi connectivity index (χ3n) is 3.37. The van der Waals surface area contributed by atoms with Gasteiger partial charge in [-0.1, -0.05) is 13.8 Å². The Labute approximate surface area is 127 Å². The van der Waals surface area contributed by atoms with Gasteiger partial charge in [0.15, 0.2) is 0 Å². The molecule has 1 N–H and O–H groups in total. The summed E-state index contributed by atoms with van der Waals surface area (Å²) in [4.78, 5) is 11.5. The number of hydrogen-bond acceptors (Lipinski definition) is 5. The summed E-state index contributed by atoms with van der Waals surface area (Å²) in [6.07, 6.45) is 3.31. The minimum Gasteiger partial charge on any atom is -0.370 e. The summed E-state index contributed by atoms with van der Waals surface area (Å²) in [5.41, 5.74) is 0. The van der Waals surface area contributed by atoms with E-state index >= 15 is 0 Å². The number of thioether (sulfide) groups is 1. The van der Waals surface area contributed by atoms with Gasteiger partial charge < -0.3 is 10.2 Å². The Morgan fingerprint density at radius 2 is 2.00 bits per heavy atom. The fourth-order valence-electron chi connectivity index (χ4n) is 1.87. The van der Waals surface area contributed by atoms with Gasteiger partial charge in [0.05, 0.1) is 0 Å². The number of hydrogen-bond donors (Lipinski definition) is 1. The van der Waals surface area contributed by atoms with Crippen LogP contribution in [0.5, 0.6) is 0 Å². The molecule has 0 aliphatic rings. The van der Waals surface area contributed by atoms with Gasteiger partial charge in [-0.05, 0) is 32.3 Å². The second-order valence-electron chi connectivity index (χ2n) is 5.40. The van der Waals surface area contributed by atoms with Crippen molar-refractivity contribution in [2.24, 2.45) is 0 Å². The Balaban J connectivity index is 2.96. The molecule has 1 atom stereocenters. The van der Waals surface area contributed by atoms with Crippen LogP contribution < -0.4 is 10.2 Å². The summed E-state index contributed by atoms with van der Waals surface area (Å²) in [5.74, 6) is 4.34. The maximum atomic E-state index is 4.71. The molecule has 1 unspecified atom stereocenters. The van der Waals surface area contributed by atoms with Crippen LogP contribution in [0.3, 0.4) is 0 Å². The lowest BCUT2D eigenvalue weighted by Gasteiger charge is -2.27. The largest absolute Gasteiger partial charge is 0.370 e. The van der Waals surface area contributed by atoms with Crippen LogP contribution >= 0.6 is 11.8 Å². The summed E-state index contributed by atoms with van der Waals surface area (Å²) in [6.45, 7) is 9.47. The number of nitrogens with zero attached hydrogens (tertiary/aromatic N) is 3. The SMILES string of the molecule is CCNc1cc(N(C)C(C)CCSC)nc(C(C)C)n1. The molecule has 0 spiro atoms. The van der Waals surface area contributed by atoms with Crippen molar-refractivity contribution in [1.29, 1.82) is 0 Å². The summed E-state index contributed by atoms with van der Waals surface area (Å²) >= 11 is 1.89. The molecule has 1 aromatic heterocycles. The van der Waals surface area contributed by atoms with Gasteiger partial charge in [0, 0.05) is 31.6 Å². The Kier molecular flexibility index (Phi) is 7.13. The second-order valence-corrected chi connectivity index (χ2v) is 6.38. The van der Waals surface area contributed by atoms with Crippen LogP contribution in [0.15, 0.2) is 6.07 Å². The van der Waals surface area contributed by atoms with Crippen molar-refractivity contribution in [3.8, 4) is 0 Å². The lowest BCUT2D eigenvalue weighted by molar-refractivity contribution is 0.655. The van der Waals surface area contributed by atoms with Crippen molar-refractivity contribution in [2.75, 3.05) is 35.8 Å². The van der Waals surface area contributed by atoms with Crippen LogP contribution in [-0.4, -0.2) is 41.6 Å². The van der Waals surface area contributed by atoms with Gasteiger partial charge in [0.25, 0.3) is 0 Å². The second kappa shape index (κ2) is 8.35. The van der Waals surface area contributed by atoms with Crippen LogP contribution in [-0.2, 0) is 0 Å². The first-order valence-electron chi connectivity index (χ1n) is 7.34. The summed E-state index contributed by atoms with van der Waals surface area (Å²) < 4.78 is 0. The highest BCUT2D eigenvalue weighted by Crippen LogP contribution is 2.21. The average molecular weight is 296 g/mol. The molecule has 0 fully saturated rings. The molecule has 1 aromatic rings. The van der Waals surface area contributed by atoms with E-state index < -0.39 is 0 Å². The summed E-state index contributed by atoms with van der Waals surface area (Å²) in [6, 6.07) is 2.53. The zero-order chi connectivity index (χ0) is 15.1. The monoisotopic (exact) mass is 296 g/mol. The van der Waals surface area contributed by atoms with Crippen molar-refractivity contribution >= 4 is 23.4 Å². The van der Waals surface area contributed by atoms with Gasteiger partial charge in [-0.25, -0.2) is 9.97 Å². The van der Waals surface area contributed by atoms with Crippen LogP contribution in [0, 0.1) is 0 Å². The highest BCUT2D eigenvalue weighted by atomic mass is 32.2. The van der Waals surface area contributed by atoms with Crippen molar-refractivity contribution in [1.82, 2.24) is 9.97 Å². The molecular weight excluding hydrogens is 268 g/mol. The molecule has 0 aliphatic heterocycles. The van der Waals surface area contributed by atoms with Crippen LogP contribution in [0.4, 0.5) is 11.6 Å². The lowest BCUT2D eigenvalue weighted by Crippen LogP contribution is -2.30. The molecule has 0 aliphatic carbocycles. The topological polar surface area (TPSA) is 41.0 Å². The highest BCUT2D eigenvalue weighted by Gasteiger charge is 2.14. The standard InChI is InChI=1S/C15H28N4S/c1-7-16-13-10-14(18-15(17-13)11(2)3)19(5)12(4)8-9-20-6/h10-12H,7-9H2,1-6H3,(H,16,17,18). The van der Waals surface area contributed by atoms with Crippen LogP contribution in [0.2, 0.25) is 0 Å². The summed E-state index contributed by atoms with van der Waals surface area (Å²) in [7, 11) is 2.12. The van der Waals surface area contributed by atoms with E-state index in [9.17, 15) is 0 Å². The van der Waals surface area contributed by atoms with Gasteiger partial charge in [0.1, 0.15) is 17.5 Å².